The van der Waals surface area contributed by atoms with E-state index in [9.17, 15) is 10.2 Å². The molecular weight excluding hydrogens is 258 g/mol. The van der Waals surface area contributed by atoms with E-state index in [0.717, 1.165) is 5.52 Å². The highest BCUT2D eigenvalue weighted by Crippen LogP contribution is 2.34. The second kappa shape index (κ2) is 5.29. The van der Waals surface area contributed by atoms with Crippen LogP contribution in [0.5, 0.6) is 11.5 Å². The third-order valence-electron chi connectivity index (χ3n) is 2.93. The molecule has 102 valence electrons. The Morgan fingerprint density at radius 2 is 1.79 bits per heavy atom. The average Bonchev–Trinajstić information content (AvgIpc) is 2.32. The minimum Gasteiger partial charge on any atom is -0.504 e. The minimum absolute atomic E-state index is 0.0482. The lowest BCUT2D eigenvalue weighted by molar-refractivity contribution is -0.691. The SMILES string of the molecule is CC(C)Sc1ccc2c(O)c(O)c[n+](C(C)C)c2c1. The summed E-state index contributed by atoms with van der Waals surface area (Å²) in [5, 5.41) is 20.9. The third-order valence-corrected chi connectivity index (χ3v) is 3.93. The predicted octanol–water partition coefficient (Wildman–Crippen LogP) is 3.62. The fourth-order valence-corrected chi connectivity index (χ4v) is 2.97. The van der Waals surface area contributed by atoms with Crippen molar-refractivity contribution in [1.82, 2.24) is 0 Å². The van der Waals surface area contributed by atoms with Crippen molar-refractivity contribution in [1.29, 1.82) is 0 Å². The van der Waals surface area contributed by atoms with Crippen molar-refractivity contribution in [3.05, 3.63) is 24.4 Å². The lowest BCUT2D eigenvalue weighted by Gasteiger charge is -2.10. The molecular formula is C15H20NO2S+. The Morgan fingerprint density at radius 1 is 1.11 bits per heavy atom. The van der Waals surface area contributed by atoms with Gasteiger partial charge >= 0.3 is 0 Å². The summed E-state index contributed by atoms with van der Waals surface area (Å²) in [6, 6.07) is 6.14. The van der Waals surface area contributed by atoms with Crippen molar-refractivity contribution in [2.24, 2.45) is 0 Å². The minimum atomic E-state index is -0.0783. The Bertz CT molecular complexity index is 609. The fraction of sp³-hybridized carbons (Fsp3) is 0.400. The van der Waals surface area contributed by atoms with Crippen LogP contribution in [0.1, 0.15) is 33.7 Å². The van der Waals surface area contributed by atoms with Gasteiger partial charge < -0.3 is 10.2 Å². The Morgan fingerprint density at radius 3 is 2.37 bits per heavy atom. The molecule has 0 bridgehead atoms. The van der Waals surface area contributed by atoms with E-state index in [2.05, 4.69) is 33.8 Å². The Hall–Kier alpha value is -1.42. The van der Waals surface area contributed by atoms with E-state index in [0.29, 0.717) is 10.6 Å². The molecule has 4 heteroatoms. The Labute approximate surface area is 117 Å². The molecule has 0 spiro atoms. The van der Waals surface area contributed by atoms with E-state index in [-0.39, 0.29) is 17.5 Å². The van der Waals surface area contributed by atoms with Gasteiger partial charge in [-0.15, -0.1) is 11.8 Å². The summed E-state index contributed by atoms with van der Waals surface area (Å²) in [4.78, 5) is 1.17. The number of pyridine rings is 1. The number of hydrogen-bond donors (Lipinski definition) is 2. The van der Waals surface area contributed by atoms with Gasteiger partial charge in [0, 0.05) is 16.2 Å². The highest BCUT2D eigenvalue weighted by atomic mass is 32.2. The molecule has 0 unspecified atom stereocenters. The number of nitrogens with zero attached hydrogens (tertiary/aromatic N) is 1. The van der Waals surface area contributed by atoms with Gasteiger partial charge in [0.2, 0.25) is 17.5 Å². The molecule has 0 aliphatic heterocycles. The maximum atomic E-state index is 9.97. The highest BCUT2D eigenvalue weighted by Gasteiger charge is 2.20. The molecule has 2 aromatic rings. The molecule has 2 N–H and O–H groups in total. The van der Waals surface area contributed by atoms with Gasteiger partial charge in [-0.1, -0.05) is 13.8 Å². The zero-order valence-electron chi connectivity index (χ0n) is 11.7. The first-order valence-electron chi connectivity index (χ1n) is 6.46. The Balaban J connectivity index is 2.68. The van der Waals surface area contributed by atoms with Gasteiger partial charge in [0.05, 0.1) is 5.39 Å². The third kappa shape index (κ3) is 2.78. The molecule has 1 aromatic heterocycles. The van der Waals surface area contributed by atoms with Gasteiger partial charge in [0.15, 0.2) is 11.8 Å². The summed E-state index contributed by atoms with van der Waals surface area (Å²) in [5.41, 5.74) is 0.941. The van der Waals surface area contributed by atoms with Crippen LogP contribution in [0.4, 0.5) is 0 Å². The van der Waals surface area contributed by atoms with E-state index in [1.807, 2.05) is 16.7 Å². The first-order valence-corrected chi connectivity index (χ1v) is 7.34. The first-order chi connectivity index (χ1) is 8.90. The first kappa shape index (κ1) is 14.0. The van der Waals surface area contributed by atoms with Crippen molar-refractivity contribution >= 4 is 22.7 Å². The van der Waals surface area contributed by atoms with Gasteiger partial charge in [0.25, 0.3) is 0 Å². The maximum Gasteiger partial charge on any atom is 0.223 e. The smallest absolute Gasteiger partial charge is 0.223 e. The molecule has 3 nitrogen and oxygen atoms in total. The molecule has 0 aliphatic rings. The zero-order chi connectivity index (χ0) is 14.2. The highest BCUT2D eigenvalue weighted by molar-refractivity contribution is 7.99. The zero-order valence-corrected chi connectivity index (χ0v) is 12.5. The molecule has 0 fully saturated rings. The van der Waals surface area contributed by atoms with Crippen LogP contribution in [0.25, 0.3) is 10.9 Å². The maximum absolute atomic E-state index is 9.97. The van der Waals surface area contributed by atoms with E-state index < -0.39 is 0 Å². The Kier molecular flexibility index (Phi) is 3.90. The van der Waals surface area contributed by atoms with Crippen molar-refractivity contribution in [2.75, 3.05) is 0 Å². The summed E-state index contributed by atoms with van der Waals surface area (Å²) in [5.74, 6) is -0.126. The molecule has 1 aromatic carbocycles. The van der Waals surface area contributed by atoms with Crippen LogP contribution in [-0.4, -0.2) is 15.5 Å². The average molecular weight is 278 g/mol. The quantitative estimate of drug-likeness (QED) is 0.666. The van der Waals surface area contributed by atoms with Crippen LogP contribution < -0.4 is 4.57 Å². The van der Waals surface area contributed by atoms with Crippen LogP contribution in [-0.2, 0) is 0 Å². The number of thioether (sulfide) groups is 1. The van der Waals surface area contributed by atoms with Crippen molar-refractivity contribution in [3.63, 3.8) is 0 Å². The molecule has 1 heterocycles. The largest absolute Gasteiger partial charge is 0.504 e. The van der Waals surface area contributed by atoms with Gasteiger partial charge in [-0.2, -0.15) is 4.57 Å². The van der Waals surface area contributed by atoms with E-state index in [1.54, 1.807) is 18.0 Å². The van der Waals surface area contributed by atoms with Gasteiger partial charge in [-0.25, -0.2) is 0 Å². The molecule has 0 saturated carbocycles. The number of aromatic hydroxyl groups is 2. The standard InChI is InChI=1S/C15H19NO2S/c1-9(2)16-8-14(17)15(18)12-6-5-11(7-13(12)16)19-10(3)4/h5-10,17H,1-4H3/p+1. The van der Waals surface area contributed by atoms with Crippen LogP contribution in [0, 0.1) is 0 Å². The van der Waals surface area contributed by atoms with Crippen molar-refractivity contribution < 1.29 is 14.8 Å². The van der Waals surface area contributed by atoms with Crippen molar-refractivity contribution in [2.45, 2.75) is 43.9 Å². The normalized spacial score (nSPS) is 11.7. The lowest BCUT2D eigenvalue weighted by Crippen LogP contribution is -2.36. The van der Waals surface area contributed by atoms with E-state index in [1.165, 1.54) is 4.90 Å². The molecule has 0 saturated heterocycles. The molecule has 0 amide bonds. The van der Waals surface area contributed by atoms with Gasteiger partial charge in [-0.3, -0.25) is 0 Å². The van der Waals surface area contributed by atoms with Gasteiger partial charge in [-0.05, 0) is 26.0 Å². The topological polar surface area (TPSA) is 44.3 Å². The number of benzene rings is 1. The van der Waals surface area contributed by atoms with Crippen LogP contribution in [0.3, 0.4) is 0 Å². The number of fused-ring (bicyclic) bond motifs is 1. The van der Waals surface area contributed by atoms with Crippen LogP contribution in [0.2, 0.25) is 0 Å². The fourth-order valence-electron chi connectivity index (χ4n) is 2.10. The van der Waals surface area contributed by atoms with Crippen LogP contribution in [0.15, 0.2) is 29.3 Å². The van der Waals surface area contributed by atoms with E-state index in [4.69, 9.17) is 0 Å². The van der Waals surface area contributed by atoms with Crippen molar-refractivity contribution in [3.8, 4) is 11.5 Å². The number of rotatable bonds is 3. The summed E-state index contributed by atoms with van der Waals surface area (Å²) in [6.07, 6.45) is 1.59. The summed E-state index contributed by atoms with van der Waals surface area (Å²) >= 11 is 1.79. The number of aromatic nitrogens is 1. The molecule has 0 radical (unpaired) electrons. The predicted molar refractivity (Wildman–Crippen MR) is 78.9 cm³/mol. The second-order valence-corrected chi connectivity index (χ2v) is 6.86. The monoisotopic (exact) mass is 278 g/mol. The summed E-state index contributed by atoms with van der Waals surface area (Å²) in [6.45, 7) is 8.41. The second-order valence-electron chi connectivity index (χ2n) is 5.21. The molecule has 0 aliphatic carbocycles. The summed E-state index contributed by atoms with van der Waals surface area (Å²) < 4.78 is 1.98. The summed E-state index contributed by atoms with van der Waals surface area (Å²) in [7, 11) is 0. The molecule has 19 heavy (non-hydrogen) atoms. The lowest BCUT2D eigenvalue weighted by atomic mass is 10.1. The molecule has 2 rings (SSSR count). The molecule has 0 atom stereocenters. The number of hydrogen-bond acceptors (Lipinski definition) is 3. The van der Waals surface area contributed by atoms with Crippen LogP contribution >= 0.6 is 11.8 Å². The van der Waals surface area contributed by atoms with E-state index >= 15 is 0 Å². The van der Waals surface area contributed by atoms with Gasteiger partial charge in [0.1, 0.15) is 0 Å².